The normalized spacial score (nSPS) is 18.9. The number of para-hydroxylation sites is 1. The van der Waals surface area contributed by atoms with Crippen molar-refractivity contribution in [1.82, 2.24) is 4.90 Å². The molecule has 1 saturated heterocycles. The minimum Gasteiger partial charge on any atom is -0.324 e. The summed E-state index contributed by atoms with van der Waals surface area (Å²) in [5, 5.41) is 3.25. The lowest BCUT2D eigenvalue weighted by Gasteiger charge is -2.21. The number of halogens is 1. The van der Waals surface area contributed by atoms with E-state index in [9.17, 15) is 14.4 Å². The minimum atomic E-state index is -0.392. The first-order valence-corrected chi connectivity index (χ1v) is 11.7. The Morgan fingerprint density at radius 1 is 1.16 bits per heavy atom. The Hall–Kier alpha value is -2.68. The van der Waals surface area contributed by atoms with Crippen LogP contribution in [0.4, 0.5) is 11.4 Å². The number of anilines is 2. The van der Waals surface area contributed by atoms with Gasteiger partial charge in [-0.1, -0.05) is 66.8 Å². The van der Waals surface area contributed by atoms with Gasteiger partial charge in [0.1, 0.15) is 10.9 Å². The summed E-state index contributed by atoms with van der Waals surface area (Å²) in [5.74, 6) is -1.03. The van der Waals surface area contributed by atoms with Gasteiger partial charge in [-0.2, -0.15) is 0 Å². The van der Waals surface area contributed by atoms with Crippen LogP contribution in [0, 0.1) is 0 Å². The number of benzene rings is 2. The molecule has 1 fully saturated rings. The summed E-state index contributed by atoms with van der Waals surface area (Å²) in [6.45, 7) is 3.71. The maximum Gasteiger partial charge on any atom is 0.267 e. The molecule has 2 aliphatic rings. The van der Waals surface area contributed by atoms with Gasteiger partial charge >= 0.3 is 0 Å². The molecule has 4 rings (SSSR count). The Morgan fingerprint density at radius 3 is 2.62 bits per heavy atom. The predicted octanol–water partition coefficient (Wildman–Crippen LogP) is 4.70. The minimum absolute atomic E-state index is 0.0630. The summed E-state index contributed by atoms with van der Waals surface area (Å²) in [7, 11) is 0. The maximum absolute atomic E-state index is 13.4. The van der Waals surface area contributed by atoms with Gasteiger partial charge in [-0.05, 0) is 37.6 Å². The van der Waals surface area contributed by atoms with E-state index in [2.05, 4.69) is 5.32 Å². The highest BCUT2D eigenvalue weighted by Gasteiger charge is 2.43. The number of hydrogen-bond donors (Lipinski definition) is 1. The second kappa shape index (κ2) is 9.05. The molecular formula is C23H20ClN3O3S2. The van der Waals surface area contributed by atoms with E-state index in [4.69, 9.17) is 23.8 Å². The molecule has 32 heavy (non-hydrogen) atoms. The van der Waals surface area contributed by atoms with E-state index in [1.54, 1.807) is 53.4 Å². The lowest BCUT2D eigenvalue weighted by atomic mass is 10.1. The number of rotatable bonds is 5. The van der Waals surface area contributed by atoms with Crippen molar-refractivity contribution >= 4 is 74.6 Å². The van der Waals surface area contributed by atoms with Gasteiger partial charge < -0.3 is 5.32 Å². The number of nitrogens with one attached hydrogen (secondary N) is 1. The van der Waals surface area contributed by atoms with Gasteiger partial charge in [0.2, 0.25) is 5.91 Å². The zero-order valence-electron chi connectivity index (χ0n) is 17.4. The third-order valence-corrected chi connectivity index (χ3v) is 7.03. The van der Waals surface area contributed by atoms with Crippen molar-refractivity contribution in [3.63, 3.8) is 0 Å². The van der Waals surface area contributed by atoms with E-state index in [-0.39, 0.29) is 24.4 Å². The van der Waals surface area contributed by atoms with Crippen molar-refractivity contribution in [1.29, 1.82) is 0 Å². The highest BCUT2D eigenvalue weighted by atomic mass is 35.5. The third-order valence-electron chi connectivity index (χ3n) is 5.39. The molecule has 164 valence electrons. The summed E-state index contributed by atoms with van der Waals surface area (Å²) < 4.78 is 0.439. The van der Waals surface area contributed by atoms with Crippen LogP contribution < -0.4 is 10.2 Å². The van der Waals surface area contributed by atoms with Crippen LogP contribution in [0.5, 0.6) is 0 Å². The molecular weight excluding hydrogens is 466 g/mol. The van der Waals surface area contributed by atoms with Crippen LogP contribution in [-0.2, 0) is 14.4 Å². The fourth-order valence-electron chi connectivity index (χ4n) is 3.66. The van der Waals surface area contributed by atoms with E-state index >= 15 is 0 Å². The molecule has 0 aromatic heterocycles. The number of hydrogen-bond acceptors (Lipinski definition) is 5. The zero-order chi connectivity index (χ0) is 23.0. The van der Waals surface area contributed by atoms with E-state index in [1.807, 2.05) is 13.8 Å². The van der Waals surface area contributed by atoms with Crippen molar-refractivity contribution < 1.29 is 14.4 Å². The molecule has 1 atom stereocenters. The first kappa shape index (κ1) is 22.5. The Balaban J connectivity index is 1.66. The predicted molar refractivity (Wildman–Crippen MR) is 133 cm³/mol. The van der Waals surface area contributed by atoms with Crippen molar-refractivity contribution in [2.24, 2.45) is 0 Å². The molecule has 0 spiro atoms. The highest BCUT2D eigenvalue weighted by Crippen LogP contribution is 2.45. The Labute approximate surface area is 200 Å². The molecule has 0 aliphatic carbocycles. The molecule has 2 heterocycles. The lowest BCUT2D eigenvalue weighted by molar-refractivity contribution is -0.123. The quantitative estimate of drug-likeness (QED) is 0.491. The van der Waals surface area contributed by atoms with Gasteiger partial charge in [-0.15, -0.1) is 0 Å². The number of thioether (sulfide) groups is 1. The van der Waals surface area contributed by atoms with Crippen LogP contribution in [0.15, 0.2) is 53.4 Å². The lowest BCUT2D eigenvalue weighted by Crippen LogP contribution is -2.37. The first-order chi connectivity index (χ1) is 15.3. The number of nitrogens with zero attached hydrogens (tertiary/aromatic N) is 2. The Morgan fingerprint density at radius 2 is 1.91 bits per heavy atom. The standard InChI is InChI=1S/C23H20ClN3O3S2/c1-3-13(2)27-22(30)20(32-23(27)31)19-16-9-4-5-10-17(16)26(21(19)29)12-18(28)25-15-8-6-7-14(24)11-15/h4-11,13H,3,12H2,1-2H3,(H,25,28)/b20-19+. The van der Waals surface area contributed by atoms with Gasteiger partial charge in [0, 0.05) is 22.3 Å². The Bertz CT molecular complexity index is 1180. The number of carbonyl (C=O) groups excluding carboxylic acids is 3. The average Bonchev–Trinajstić information content (AvgIpc) is 3.20. The topological polar surface area (TPSA) is 69.7 Å². The van der Waals surface area contributed by atoms with Crippen LogP contribution in [-0.4, -0.2) is 39.5 Å². The molecule has 0 saturated carbocycles. The van der Waals surface area contributed by atoms with E-state index in [1.165, 1.54) is 4.90 Å². The molecule has 2 aromatic rings. The number of carbonyl (C=O) groups is 3. The van der Waals surface area contributed by atoms with Crippen LogP contribution >= 0.6 is 35.6 Å². The summed E-state index contributed by atoms with van der Waals surface area (Å²) in [6.07, 6.45) is 0.745. The smallest absolute Gasteiger partial charge is 0.267 e. The monoisotopic (exact) mass is 485 g/mol. The molecule has 2 aliphatic heterocycles. The van der Waals surface area contributed by atoms with Crippen LogP contribution in [0.25, 0.3) is 5.57 Å². The van der Waals surface area contributed by atoms with Crippen molar-refractivity contribution in [3.05, 3.63) is 64.0 Å². The maximum atomic E-state index is 13.4. The fourth-order valence-corrected chi connectivity index (χ4v) is 5.38. The van der Waals surface area contributed by atoms with Crippen molar-refractivity contribution in [3.8, 4) is 0 Å². The largest absolute Gasteiger partial charge is 0.324 e. The summed E-state index contributed by atoms with van der Waals surface area (Å²) >= 11 is 12.5. The second-order valence-electron chi connectivity index (χ2n) is 7.47. The molecule has 2 aromatic carbocycles. The average molecular weight is 486 g/mol. The molecule has 0 bridgehead atoms. The second-order valence-corrected chi connectivity index (χ2v) is 9.55. The zero-order valence-corrected chi connectivity index (χ0v) is 19.8. The SMILES string of the molecule is CCC(C)N1C(=O)/C(=C2\C(=O)N(CC(=O)Nc3cccc(Cl)c3)c3ccccc32)SC1=S. The van der Waals surface area contributed by atoms with Gasteiger partial charge in [0.05, 0.1) is 16.2 Å². The van der Waals surface area contributed by atoms with Gasteiger partial charge in [0.25, 0.3) is 11.8 Å². The Kier molecular flexibility index (Phi) is 6.37. The van der Waals surface area contributed by atoms with Crippen molar-refractivity contribution in [2.75, 3.05) is 16.8 Å². The number of fused-ring (bicyclic) bond motifs is 1. The molecule has 3 amide bonds. The molecule has 1 unspecified atom stereocenters. The number of thiocarbonyl (C=S) groups is 1. The molecule has 6 nitrogen and oxygen atoms in total. The van der Waals surface area contributed by atoms with Crippen LogP contribution in [0.1, 0.15) is 25.8 Å². The molecule has 9 heteroatoms. The summed E-state index contributed by atoms with van der Waals surface area (Å²) in [5.41, 5.74) is 2.04. The highest BCUT2D eigenvalue weighted by molar-refractivity contribution is 8.26. The van der Waals surface area contributed by atoms with Gasteiger partial charge in [-0.25, -0.2) is 0 Å². The van der Waals surface area contributed by atoms with Crippen LogP contribution in [0.2, 0.25) is 5.02 Å². The molecule has 1 N–H and O–H groups in total. The summed E-state index contributed by atoms with van der Waals surface area (Å²) in [6, 6.07) is 13.9. The fraction of sp³-hybridized carbons (Fsp3) is 0.217. The molecule has 0 radical (unpaired) electrons. The number of amides is 3. The van der Waals surface area contributed by atoms with Gasteiger partial charge in [0.15, 0.2) is 0 Å². The van der Waals surface area contributed by atoms with Crippen LogP contribution in [0.3, 0.4) is 0 Å². The third kappa shape index (κ3) is 4.05. The summed E-state index contributed by atoms with van der Waals surface area (Å²) in [4.78, 5) is 42.5. The first-order valence-electron chi connectivity index (χ1n) is 10.1. The van der Waals surface area contributed by atoms with E-state index in [0.29, 0.717) is 36.8 Å². The van der Waals surface area contributed by atoms with Gasteiger partial charge in [-0.3, -0.25) is 24.2 Å². The van der Waals surface area contributed by atoms with Crippen molar-refractivity contribution in [2.45, 2.75) is 26.3 Å². The van der Waals surface area contributed by atoms with E-state index in [0.717, 1.165) is 18.2 Å². The van der Waals surface area contributed by atoms with E-state index < -0.39 is 5.91 Å².